The second-order valence-electron chi connectivity index (χ2n) is 11.9. The monoisotopic (exact) mass is 644 g/mol. The van der Waals surface area contributed by atoms with Crippen molar-refractivity contribution in [3.05, 3.63) is 48.0 Å². The third-order valence-electron chi connectivity index (χ3n) is 8.43. The minimum Gasteiger partial charge on any atom is -0.478 e. The molecule has 46 heavy (non-hydrogen) atoms. The first-order chi connectivity index (χ1) is 22.1. The Hall–Kier alpha value is -3.73. The van der Waals surface area contributed by atoms with E-state index in [2.05, 4.69) is 12.2 Å². The Morgan fingerprint density at radius 2 is 1.59 bits per heavy atom. The molecule has 2 aliphatic rings. The molecular weight excluding hydrogens is 592 g/mol. The molecule has 0 radical (unpaired) electrons. The summed E-state index contributed by atoms with van der Waals surface area (Å²) in [4.78, 5) is 60.5. The van der Waals surface area contributed by atoms with Gasteiger partial charge in [-0.1, -0.05) is 75.8 Å². The number of nitrogens with one attached hydrogen (secondary N) is 1. The van der Waals surface area contributed by atoms with Crippen LogP contribution in [0.5, 0.6) is 0 Å². The van der Waals surface area contributed by atoms with E-state index in [0.29, 0.717) is 50.5 Å². The topological polar surface area (TPSA) is 160 Å². The van der Waals surface area contributed by atoms with Gasteiger partial charge in [0.25, 0.3) is 0 Å². The Morgan fingerprint density at radius 1 is 0.935 bits per heavy atom. The largest absolute Gasteiger partial charge is 0.478 e. The highest BCUT2D eigenvalue weighted by molar-refractivity contribution is 5.90. The average Bonchev–Trinajstić information content (AvgIpc) is 3.64. The number of unbranched alkanes of at least 4 members (excludes halogenated alkanes) is 5. The summed E-state index contributed by atoms with van der Waals surface area (Å²) in [5, 5.41) is 18.9. The van der Waals surface area contributed by atoms with Crippen molar-refractivity contribution in [2.24, 2.45) is 5.92 Å². The predicted octanol–water partition coefficient (Wildman–Crippen LogP) is 4.91. The van der Waals surface area contributed by atoms with Gasteiger partial charge in [-0.3, -0.25) is 14.9 Å². The van der Waals surface area contributed by atoms with Gasteiger partial charge in [0.1, 0.15) is 12.1 Å². The number of carboxylic acid groups (broad SMARTS) is 2. The molecule has 2 fully saturated rings. The van der Waals surface area contributed by atoms with E-state index >= 15 is 0 Å². The zero-order valence-corrected chi connectivity index (χ0v) is 27.5. The van der Waals surface area contributed by atoms with Crippen LogP contribution in [0, 0.1) is 5.92 Å². The first-order valence-corrected chi connectivity index (χ1v) is 16.7. The molecule has 1 saturated carbocycles. The molecule has 3 N–H and O–H groups in total. The van der Waals surface area contributed by atoms with Crippen LogP contribution < -0.4 is 5.32 Å². The lowest BCUT2D eigenvalue weighted by Gasteiger charge is -2.32. The molecule has 1 saturated heterocycles. The number of hydrogen-bond acceptors (Lipinski definition) is 8. The van der Waals surface area contributed by atoms with Gasteiger partial charge in [-0.2, -0.15) is 0 Å². The second kappa shape index (κ2) is 21.1. The van der Waals surface area contributed by atoms with E-state index in [1.807, 2.05) is 30.3 Å². The van der Waals surface area contributed by atoms with Crippen molar-refractivity contribution in [2.75, 3.05) is 13.2 Å². The average molecular weight is 645 g/mol. The summed E-state index contributed by atoms with van der Waals surface area (Å²) in [6.07, 6.45) is 12.8. The van der Waals surface area contributed by atoms with Crippen LogP contribution >= 0.6 is 0 Å². The van der Waals surface area contributed by atoms with E-state index < -0.39 is 30.1 Å². The lowest BCUT2D eigenvalue weighted by atomic mass is 10.0. The molecule has 1 amide bonds. The number of amides is 1. The number of carboxylic acids is 2. The summed E-state index contributed by atoms with van der Waals surface area (Å²) in [6, 6.07) is 8.35. The van der Waals surface area contributed by atoms with E-state index in [1.54, 1.807) is 18.7 Å². The minimum absolute atomic E-state index is 0.0728. The molecule has 0 bridgehead atoms. The number of aryl methyl sites for hydroxylation is 1. The van der Waals surface area contributed by atoms with Crippen LogP contribution in [-0.2, 0) is 39.9 Å². The van der Waals surface area contributed by atoms with Crippen LogP contribution in [0.4, 0.5) is 0 Å². The van der Waals surface area contributed by atoms with Gasteiger partial charge >= 0.3 is 23.9 Å². The standard InChI is InChI=1S/C31H48N2O5.C4H4O4/c1-4-6-7-8-9-13-21-38-30(35)26(20-19-24-15-11-10-12-16-24)32-23(3)29(34)33-27-18-14-17-25(27)22-28(33)31(36)37-5-2;5-3(6)1-2-4(7)8/h10-12,15-16,23,25-28,32H,4-9,13-14,17-22H2,1-3H3;1-2H,(H,5,6)(H,7,8)/b;2-1-/t23-,25-,26-,27-,28-;/m0./s1. The van der Waals surface area contributed by atoms with Gasteiger partial charge in [-0.25, -0.2) is 14.4 Å². The first-order valence-electron chi connectivity index (χ1n) is 16.7. The highest BCUT2D eigenvalue weighted by Crippen LogP contribution is 2.42. The summed E-state index contributed by atoms with van der Waals surface area (Å²) < 4.78 is 11.0. The highest BCUT2D eigenvalue weighted by Gasteiger charge is 2.50. The van der Waals surface area contributed by atoms with Crippen LogP contribution in [0.2, 0.25) is 0 Å². The summed E-state index contributed by atoms with van der Waals surface area (Å²) in [5.41, 5.74) is 1.14. The van der Waals surface area contributed by atoms with Gasteiger partial charge < -0.3 is 24.6 Å². The van der Waals surface area contributed by atoms with Crippen molar-refractivity contribution in [1.29, 1.82) is 0 Å². The summed E-state index contributed by atoms with van der Waals surface area (Å²) in [6.45, 7) is 6.48. The van der Waals surface area contributed by atoms with Gasteiger partial charge in [-0.15, -0.1) is 0 Å². The Morgan fingerprint density at radius 3 is 2.22 bits per heavy atom. The van der Waals surface area contributed by atoms with Crippen molar-refractivity contribution < 1.29 is 43.7 Å². The Balaban J connectivity index is 0.000000812. The molecule has 256 valence electrons. The number of benzene rings is 1. The van der Waals surface area contributed by atoms with E-state index in [-0.39, 0.29) is 23.9 Å². The third-order valence-corrected chi connectivity index (χ3v) is 8.43. The molecule has 1 aromatic carbocycles. The number of ether oxygens (including phenoxy) is 2. The number of aliphatic carboxylic acids is 2. The first kappa shape index (κ1) is 38.5. The van der Waals surface area contributed by atoms with Crippen LogP contribution in [0.25, 0.3) is 0 Å². The number of hydrogen-bond donors (Lipinski definition) is 3. The number of carbonyl (C=O) groups is 5. The molecule has 1 aliphatic heterocycles. The van der Waals surface area contributed by atoms with Gasteiger partial charge in [-0.05, 0) is 63.9 Å². The van der Waals surface area contributed by atoms with E-state index in [0.717, 1.165) is 44.1 Å². The van der Waals surface area contributed by atoms with Crippen LogP contribution in [0.1, 0.15) is 97.0 Å². The maximum atomic E-state index is 13.7. The Bertz CT molecular complexity index is 1120. The van der Waals surface area contributed by atoms with Crippen molar-refractivity contribution in [3.63, 3.8) is 0 Å². The molecule has 0 aromatic heterocycles. The van der Waals surface area contributed by atoms with Crippen LogP contribution in [-0.4, -0.2) is 82.3 Å². The smallest absolute Gasteiger partial charge is 0.328 e. The predicted molar refractivity (Wildman–Crippen MR) is 173 cm³/mol. The molecule has 1 heterocycles. The Labute approximate surface area is 272 Å². The normalized spacial score (nSPS) is 19.9. The number of rotatable bonds is 18. The lowest BCUT2D eigenvalue weighted by molar-refractivity contribution is -0.155. The van der Waals surface area contributed by atoms with E-state index in [4.69, 9.17) is 19.7 Å². The highest BCUT2D eigenvalue weighted by atomic mass is 16.5. The molecular formula is C35H52N2O9. The fraction of sp³-hybridized carbons (Fsp3) is 0.629. The molecule has 11 heteroatoms. The number of esters is 2. The fourth-order valence-corrected chi connectivity index (χ4v) is 6.18. The number of carbonyl (C=O) groups excluding carboxylic acids is 3. The van der Waals surface area contributed by atoms with Gasteiger partial charge in [0, 0.05) is 18.2 Å². The summed E-state index contributed by atoms with van der Waals surface area (Å²) in [7, 11) is 0. The van der Waals surface area contributed by atoms with Crippen molar-refractivity contribution >= 4 is 29.8 Å². The van der Waals surface area contributed by atoms with Crippen LogP contribution in [0.3, 0.4) is 0 Å². The number of likely N-dealkylation sites (tertiary alicyclic amines) is 1. The molecule has 0 unspecified atom stereocenters. The van der Waals surface area contributed by atoms with E-state index in [1.165, 1.54) is 19.3 Å². The molecule has 1 aromatic rings. The minimum atomic E-state index is -1.26. The quantitative estimate of drug-likeness (QED) is 0.114. The van der Waals surface area contributed by atoms with Crippen molar-refractivity contribution in [2.45, 2.75) is 122 Å². The van der Waals surface area contributed by atoms with Gasteiger partial charge in [0.2, 0.25) is 5.91 Å². The zero-order valence-electron chi connectivity index (χ0n) is 27.5. The zero-order chi connectivity index (χ0) is 33.9. The van der Waals surface area contributed by atoms with E-state index in [9.17, 15) is 24.0 Å². The van der Waals surface area contributed by atoms with Crippen molar-refractivity contribution in [3.8, 4) is 0 Å². The molecule has 1 aliphatic carbocycles. The molecule has 0 spiro atoms. The van der Waals surface area contributed by atoms with Crippen molar-refractivity contribution in [1.82, 2.24) is 10.2 Å². The lowest BCUT2D eigenvalue weighted by Crippen LogP contribution is -2.55. The van der Waals surface area contributed by atoms with Gasteiger partial charge in [0.05, 0.1) is 19.3 Å². The SMILES string of the molecule is CCCCCCCCOC(=O)[C@H](CCc1ccccc1)N[C@@H](C)C(=O)N1[C@H](C(=O)OCC)C[C@@H]2CCC[C@@H]21.O=C(O)/C=C\C(=O)O. The number of fused-ring (bicyclic) bond motifs is 1. The number of nitrogens with zero attached hydrogens (tertiary/aromatic N) is 1. The fourth-order valence-electron chi connectivity index (χ4n) is 6.18. The molecule has 11 nitrogen and oxygen atoms in total. The molecule has 3 rings (SSSR count). The van der Waals surface area contributed by atoms with Crippen LogP contribution in [0.15, 0.2) is 42.5 Å². The Kier molecular flexibility index (Phi) is 17.7. The summed E-state index contributed by atoms with van der Waals surface area (Å²) in [5.74, 6) is -2.93. The summed E-state index contributed by atoms with van der Waals surface area (Å²) >= 11 is 0. The maximum Gasteiger partial charge on any atom is 0.328 e. The second-order valence-corrected chi connectivity index (χ2v) is 11.9. The third kappa shape index (κ3) is 13.3. The maximum absolute atomic E-state index is 13.7. The molecule has 5 atom stereocenters. The van der Waals surface area contributed by atoms with Gasteiger partial charge in [0.15, 0.2) is 0 Å².